The number of likely N-dealkylation sites (tertiary alicyclic amines) is 1. The highest BCUT2D eigenvalue weighted by Gasteiger charge is 2.34. The summed E-state index contributed by atoms with van der Waals surface area (Å²) in [6.07, 6.45) is 3.55. The van der Waals surface area contributed by atoms with Crippen molar-refractivity contribution in [3.8, 4) is 0 Å². The first kappa shape index (κ1) is 16.4. The van der Waals surface area contributed by atoms with Gasteiger partial charge in [0.1, 0.15) is 0 Å². The summed E-state index contributed by atoms with van der Waals surface area (Å²) in [4.78, 5) is 13.7. The molecule has 2 N–H and O–H groups in total. The number of carbonyl (C=O) groups is 1. The van der Waals surface area contributed by atoms with Crippen LogP contribution in [0.4, 0.5) is 0 Å². The molecule has 1 heterocycles. The lowest BCUT2D eigenvalue weighted by Crippen LogP contribution is -2.35. The number of amides is 1. The van der Waals surface area contributed by atoms with Crippen LogP contribution in [0, 0.1) is 11.8 Å². The van der Waals surface area contributed by atoms with Gasteiger partial charge in [-0.2, -0.15) is 0 Å². The fourth-order valence-corrected chi connectivity index (χ4v) is 3.53. The normalized spacial score (nSPS) is 22.3. The Morgan fingerprint density at radius 2 is 1.95 bits per heavy atom. The summed E-state index contributed by atoms with van der Waals surface area (Å²) in [6.45, 7) is 6.94. The van der Waals surface area contributed by atoms with Crippen molar-refractivity contribution in [3.05, 3.63) is 0 Å². The van der Waals surface area contributed by atoms with Gasteiger partial charge in [0.25, 0.3) is 0 Å². The third-order valence-electron chi connectivity index (χ3n) is 3.64. The van der Waals surface area contributed by atoms with Crippen molar-refractivity contribution >= 4 is 15.9 Å². The fraction of sp³-hybridized carbons (Fsp3) is 0.923. The van der Waals surface area contributed by atoms with Crippen molar-refractivity contribution in [3.63, 3.8) is 0 Å². The minimum absolute atomic E-state index is 0.0608. The standard InChI is InChI=1S/C13H26N2O3S/c1-10(2)5-4-6-11(3)15-8-12(7-13(15)16)9-19(14,17)18/h10-12H,4-9H2,1-3H3,(H2,14,17,18). The number of hydrogen-bond donors (Lipinski definition) is 1. The molecule has 19 heavy (non-hydrogen) atoms. The van der Waals surface area contributed by atoms with E-state index in [1.54, 1.807) is 0 Å². The molecule has 0 spiro atoms. The minimum atomic E-state index is -3.49. The zero-order chi connectivity index (χ0) is 14.6. The van der Waals surface area contributed by atoms with Crippen LogP contribution in [0.5, 0.6) is 0 Å². The van der Waals surface area contributed by atoms with Crippen LogP contribution in [0.1, 0.15) is 46.5 Å². The number of sulfonamides is 1. The molecule has 0 bridgehead atoms. The van der Waals surface area contributed by atoms with E-state index in [9.17, 15) is 13.2 Å². The van der Waals surface area contributed by atoms with Gasteiger partial charge in [-0.05, 0) is 19.3 Å². The van der Waals surface area contributed by atoms with Gasteiger partial charge in [-0.15, -0.1) is 0 Å². The zero-order valence-electron chi connectivity index (χ0n) is 12.1. The predicted octanol–water partition coefficient (Wildman–Crippen LogP) is 1.34. The van der Waals surface area contributed by atoms with Crippen LogP contribution in [0.15, 0.2) is 0 Å². The lowest BCUT2D eigenvalue weighted by molar-refractivity contribution is -0.129. The van der Waals surface area contributed by atoms with E-state index in [-0.39, 0.29) is 23.6 Å². The smallest absolute Gasteiger partial charge is 0.223 e. The average molecular weight is 290 g/mol. The Bertz CT molecular complexity index is 406. The number of nitrogens with two attached hydrogens (primary N) is 1. The topological polar surface area (TPSA) is 80.5 Å². The van der Waals surface area contributed by atoms with Gasteiger partial charge in [-0.3, -0.25) is 4.79 Å². The molecule has 0 radical (unpaired) electrons. The molecule has 0 aromatic rings. The van der Waals surface area contributed by atoms with Gasteiger partial charge < -0.3 is 4.90 Å². The summed E-state index contributed by atoms with van der Waals surface area (Å²) in [5.74, 6) is 0.505. The van der Waals surface area contributed by atoms with Crippen LogP contribution in [0.25, 0.3) is 0 Å². The van der Waals surface area contributed by atoms with Crippen molar-refractivity contribution in [1.82, 2.24) is 4.90 Å². The molecule has 0 aliphatic carbocycles. The Balaban J connectivity index is 2.44. The molecule has 1 fully saturated rings. The Morgan fingerprint density at radius 3 is 2.47 bits per heavy atom. The van der Waals surface area contributed by atoms with E-state index in [0.717, 1.165) is 19.3 Å². The van der Waals surface area contributed by atoms with E-state index in [0.29, 0.717) is 18.9 Å². The van der Waals surface area contributed by atoms with Gasteiger partial charge in [-0.1, -0.05) is 26.7 Å². The van der Waals surface area contributed by atoms with Crippen LogP contribution in [-0.2, 0) is 14.8 Å². The average Bonchev–Trinajstić information content (AvgIpc) is 2.55. The van der Waals surface area contributed by atoms with Crippen molar-refractivity contribution in [2.24, 2.45) is 17.0 Å². The largest absolute Gasteiger partial charge is 0.340 e. The Morgan fingerprint density at radius 1 is 1.32 bits per heavy atom. The Hall–Kier alpha value is -0.620. The Kier molecular flexibility index (Phi) is 5.80. The maximum Gasteiger partial charge on any atom is 0.223 e. The zero-order valence-corrected chi connectivity index (χ0v) is 12.9. The number of nitrogens with zero attached hydrogens (tertiary/aromatic N) is 1. The maximum absolute atomic E-state index is 11.9. The highest BCUT2D eigenvalue weighted by atomic mass is 32.2. The third kappa shape index (κ3) is 5.91. The molecule has 1 aliphatic heterocycles. The van der Waals surface area contributed by atoms with Gasteiger partial charge in [-0.25, -0.2) is 13.6 Å². The molecule has 0 aromatic carbocycles. The molecule has 0 saturated carbocycles. The van der Waals surface area contributed by atoms with E-state index in [2.05, 4.69) is 13.8 Å². The molecule has 1 amide bonds. The first-order chi connectivity index (χ1) is 8.69. The van der Waals surface area contributed by atoms with E-state index in [1.165, 1.54) is 0 Å². The Labute approximate surface area is 116 Å². The van der Waals surface area contributed by atoms with Crippen LogP contribution in [-0.4, -0.2) is 37.6 Å². The van der Waals surface area contributed by atoms with Gasteiger partial charge >= 0.3 is 0 Å². The van der Waals surface area contributed by atoms with Crippen LogP contribution in [0.2, 0.25) is 0 Å². The molecule has 2 atom stereocenters. The second-order valence-electron chi connectivity index (χ2n) is 6.12. The second kappa shape index (κ2) is 6.70. The molecule has 1 aliphatic rings. The van der Waals surface area contributed by atoms with Crippen molar-refractivity contribution in [2.75, 3.05) is 12.3 Å². The molecular formula is C13H26N2O3S. The van der Waals surface area contributed by atoms with Gasteiger partial charge in [0, 0.05) is 24.9 Å². The summed E-state index contributed by atoms with van der Waals surface area (Å²) in [7, 11) is -3.49. The second-order valence-corrected chi connectivity index (χ2v) is 7.78. The third-order valence-corrected chi connectivity index (χ3v) is 4.58. The van der Waals surface area contributed by atoms with Crippen molar-refractivity contribution < 1.29 is 13.2 Å². The molecule has 6 heteroatoms. The monoisotopic (exact) mass is 290 g/mol. The number of carbonyl (C=O) groups excluding carboxylic acids is 1. The van der Waals surface area contributed by atoms with Gasteiger partial charge in [0.15, 0.2) is 0 Å². The summed E-state index contributed by atoms with van der Waals surface area (Å²) >= 11 is 0. The van der Waals surface area contributed by atoms with Crippen molar-refractivity contribution in [2.45, 2.75) is 52.5 Å². The van der Waals surface area contributed by atoms with E-state index < -0.39 is 10.0 Å². The number of hydrogen-bond acceptors (Lipinski definition) is 3. The summed E-state index contributed by atoms with van der Waals surface area (Å²) in [5, 5.41) is 5.04. The predicted molar refractivity (Wildman–Crippen MR) is 75.9 cm³/mol. The number of rotatable bonds is 7. The van der Waals surface area contributed by atoms with Crippen LogP contribution in [0.3, 0.4) is 0 Å². The first-order valence-electron chi connectivity index (χ1n) is 6.99. The lowest BCUT2D eigenvalue weighted by atomic mass is 10.0. The van der Waals surface area contributed by atoms with E-state index in [1.807, 2.05) is 11.8 Å². The fourth-order valence-electron chi connectivity index (χ4n) is 2.65. The molecular weight excluding hydrogens is 264 g/mol. The molecule has 2 unspecified atom stereocenters. The maximum atomic E-state index is 11.9. The first-order valence-corrected chi connectivity index (χ1v) is 8.70. The summed E-state index contributed by atoms with van der Waals surface area (Å²) < 4.78 is 22.1. The van der Waals surface area contributed by atoms with Crippen molar-refractivity contribution in [1.29, 1.82) is 0 Å². The molecule has 5 nitrogen and oxygen atoms in total. The SMILES string of the molecule is CC(C)CCCC(C)N1CC(CS(N)(=O)=O)CC1=O. The lowest BCUT2D eigenvalue weighted by Gasteiger charge is -2.25. The van der Waals surface area contributed by atoms with Gasteiger partial charge in [0.05, 0.1) is 5.75 Å². The molecule has 112 valence electrons. The van der Waals surface area contributed by atoms with E-state index in [4.69, 9.17) is 5.14 Å². The highest BCUT2D eigenvalue weighted by Crippen LogP contribution is 2.23. The molecule has 1 saturated heterocycles. The molecule has 0 aromatic heterocycles. The van der Waals surface area contributed by atoms with Crippen LogP contribution >= 0.6 is 0 Å². The highest BCUT2D eigenvalue weighted by molar-refractivity contribution is 7.89. The molecule has 1 rings (SSSR count). The van der Waals surface area contributed by atoms with E-state index >= 15 is 0 Å². The summed E-state index contributed by atoms with van der Waals surface area (Å²) in [6, 6.07) is 0.191. The van der Waals surface area contributed by atoms with Gasteiger partial charge in [0.2, 0.25) is 15.9 Å². The summed E-state index contributed by atoms with van der Waals surface area (Å²) in [5.41, 5.74) is 0. The minimum Gasteiger partial charge on any atom is -0.340 e. The quantitative estimate of drug-likeness (QED) is 0.768. The number of primary sulfonamides is 1. The van der Waals surface area contributed by atoms with Crippen LogP contribution < -0.4 is 5.14 Å².